The maximum atomic E-state index is 11.9. The van der Waals surface area contributed by atoms with E-state index in [0.29, 0.717) is 0 Å². The van der Waals surface area contributed by atoms with Gasteiger partial charge in [0.1, 0.15) is 12.2 Å². The van der Waals surface area contributed by atoms with Gasteiger partial charge in [-0.3, -0.25) is 4.79 Å². The largest absolute Gasteiger partial charge is 0.477 e. The van der Waals surface area contributed by atoms with E-state index in [4.69, 9.17) is 5.11 Å². The number of hydrogen-bond acceptors (Lipinski definition) is 3. The summed E-state index contributed by atoms with van der Waals surface area (Å²) < 4.78 is 1.41. The van der Waals surface area contributed by atoms with E-state index in [9.17, 15) is 9.59 Å². The fourth-order valence-corrected chi connectivity index (χ4v) is 2.55. The number of carboxylic acid groups (broad SMARTS) is 1. The molecule has 0 fully saturated rings. The van der Waals surface area contributed by atoms with Crippen LogP contribution in [0.2, 0.25) is 0 Å². The van der Waals surface area contributed by atoms with Crippen molar-refractivity contribution in [3.63, 3.8) is 0 Å². The molecule has 2 heterocycles. The van der Waals surface area contributed by atoms with E-state index < -0.39 is 5.97 Å². The first-order valence-electron chi connectivity index (χ1n) is 5.78. The molecule has 0 spiro atoms. The fraction of sp³-hybridized carbons (Fsp3) is 0.231. The van der Waals surface area contributed by atoms with E-state index in [0.717, 1.165) is 5.56 Å². The lowest BCUT2D eigenvalue weighted by molar-refractivity contribution is -0.122. The van der Waals surface area contributed by atoms with Gasteiger partial charge in [0.25, 0.3) is 0 Å². The van der Waals surface area contributed by atoms with Crippen molar-refractivity contribution in [1.29, 1.82) is 0 Å². The zero-order valence-corrected chi connectivity index (χ0v) is 11.2. The summed E-state index contributed by atoms with van der Waals surface area (Å²) in [5, 5.41) is 15.7. The summed E-state index contributed by atoms with van der Waals surface area (Å²) in [6, 6.07) is 4.95. The van der Waals surface area contributed by atoms with Crippen LogP contribution in [-0.2, 0) is 11.3 Å². The predicted molar refractivity (Wildman–Crippen MR) is 72.3 cm³/mol. The topological polar surface area (TPSA) is 71.3 Å². The lowest BCUT2D eigenvalue weighted by Crippen LogP contribution is -2.30. The zero-order valence-electron chi connectivity index (χ0n) is 10.4. The second-order valence-corrected chi connectivity index (χ2v) is 4.95. The Kier molecular flexibility index (Phi) is 4.01. The van der Waals surface area contributed by atoms with Crippen molar-refractivity contribution in [2.75, 3.05) is 0 Å². The Hall–Kier alpha value is -2.08. The molecule has 5 nitrogen and oxygen atoms in total. The van der Waals surface area contributed by atoms with Gasteiger partial charge in [-0.2, -0.15) is 11.3 Å². The van der Waals surface area contributed by atoms with Gasteiger partial charge in [-0.1, -0.05) is 0 Å². The summed E-state index contributed by atoms with van der Waals surface area (Å²) in [4.78, 5) is 22.8. The van der Waals surface area contributed by atoms with Crippen LogP contribution in [0.4, 0.5) is 0 Å². The maximum Gasteiger partial charge on any atom is 0.352 e. The van der Waals surface area contributed by atoms with Crippen LogP contribution < -0.4 is 5.32 Å². The molecule has 0 aliphatic heterocycles. The first-order chi connectivity index (χ1) is 9.08. The summed E-state index contributed by atoms with van der Waals surface area (Å²) >= 11 is 1.57. The van der Waals surface area contributed by atoms with Gasteiger partial charge in [0, 0.05) is 6.20 Å². The second kappa shape index (κ2) is 5.71. The molecule has 0 radical (unpaired) electrons. The van der Waals surface area contributed by atoms with E-state index >= 15 is 0 Å². The van der Waals surface area contributed by atoms with Crippen molar-refractivity contribution < 1.29 is 14.7 Å². The Morgan fingerprint density at radius 1 is 1.47 bits per heavy atom. The van der Waals surface area contributed by atoms with Crippen molar-refractivity contribution in [3.05, 3.63) is 46.4 Å². The van der Waals surface area contributed by atoms with E-state index in [2.05, 4.69) is 5.32 Å². The lowest BCUT2D eigenvalue weighted by atomic mass is 10.2. The Morgan fingerprint density at radius 2 is 2.26 bits per heavy atom. The zero-order chi connectivity index (χ0) is 13.8. The third-order valence-corrected chi connectivity index (χ3v) is 3.48. The minimum atomic E-state index is -1.04. The molecule has 0 aliphatic carbocycles. The van der Waals surface area contributed by atoms with Crippen molar-refractivity contribution in [3.8, 4) is 0 Å². The van der Waals surface area contributed by atoms with Crippen LogP contribution in [0.5, 0.6) is 0 Å². The SMILES string of the molecule is CC(NC(=O)Cn1cccc1C(=O)O)c1ccsc1. The smallest absolute Gasteiger partial charge is 0.352 e. The number of nitrogens with one attached hydrogen (secondary N) is 1. The van der Waals surface area contributed by atoms with Gasteiger partial charge in [0.15, 0.2) is 0 Å². The van der Waals surface area contributed by atoms with E-state index in [1.54, 1.807) is 23.6 Å². The van der Waals surface area contributed by atoms with Crippen molar-refractivity contribution in [2.45, 2.75) is 19.5 Å². The molecule has 2 aromatic heterocycles. The average Bonchev–Trinajstić information content (AvgIpc) is 2.98. The Balaban J connectivity index is 1.98. The molecule has 2 aromatic rings. The second-order valence-electron chi connectivity index (χ2n) is 4.17. The summed E-state index contributed by atoms with van der Waals surface area (Å²) in [6.45, 7) is 1.90. The Labute approximate surface area is 114 Å². The molecule has 1 atom stereocenters. The van der Waals surface area contributed by atoms with Crippen LogP contribution in [0, 0.1) is 0 Å². The molecule has 2 rings (SSSR count). The summed E-state index contributed by atoms with van der Waals surface area (Å²) in [5.41, 5.74) is 1.16. The molecule has 1 amide bonds. The summed E-state index contributed by atoms with van der Waals surface area (Å²) in [6.07, 6.45) is 1.58. The highest BCUT2D eigenvalue weighted by molar-refractivity contribution is 7.07. The van der Waals surface area contributed by atoms with Gasteiger partial charge in [0.05, 0.1) is 6.04 Å². The standard InChI is InChI=1S/C13H14N2O3S/c1-9(10-4-6-19-8-10)14-12(16)7-15-5-2-3-11(15)13(17)18/h2-6,8-9H,7H2,1H3,(H,14,16)(H,17,18). The minimum absolute atomic E-state index is 0.00309. The van der Waals surface area contributed by atoms with Gasteiger partial charge < -0.3 is 15.0 Å². The van der Waals surface area contributed by atoms with Gasteiger partial charge in [-0.15, -0.1) is 0 Å². The molecule has 0 saturated carbocycles. The van der Waals surface area contributed by atoms with Crippen LogP contribution in [0.1, 0.15) is 29.0 Å². The number of hydrogen-bond donors (Lipinski definition) is 2. The molecule has 1 unspecified atom stereocenters. The molecular weight excluding hydrogens is 264 g/mol. The number of carboxylic acids is 1. The quantitative estimate of drug-likeness (QED) is 0.880. The van der Waals surface area contributed by atoms with Crippen molar-refractivity contribution in [1.82, 2.24) is 9.88 Å². The number of rotatable bonds is 5. The van der Waals surface area contributed by atoms with E-state index in [1.165, 1.54) is 10.6 Å². The van der Waals surface area contributed by atoms with Gasteiger partial charge >= 0.3 is 5.97 Å². The molecule has 0 aromatic carbocycles. The highest BCUT2D eigenvalue weighted by Crippen LogP contribution is 2.15. The number of amides is 1. The molecular formula is C13H14N2O3S. The summed E-state index contributed by atoms with van der Waals surface area (Å²) in [7, 11) is 0. The number of carbonyl (C=O) groups excluding carboxylic acids is 1. The van der Waals surface area contributed by atoms with Crippen molar-refractivity contribution >= 4 is 23.2 Å². The predicted octanol–water partition coefficient (Wildman–Crippen LogP) is 2.13. The monoisotopic (exact) mass is 278 g/mol. The molecule has 100 valence electrons. The first kappa shape index (κ1) is 13.4. The van der Waals surface area contributed by atoms with Gasteiger partial charge in [-0.25, -0.2) is 4.79 Å². The lowest BCUT2D eigenvalue weighted by Gasteiger charge is -2.13. The molecule has 0 aliphatic rings. The average molecular weight is 278 g/mol. The maximum absolute atomic E-state index is 11.9. The van der Waals surface area contributed by atoms with Crippen LogP contribution in [0.3, 0.4) is 0 Å². The number of carbonyl (C=O) groups is 2. The first-order valence-corrected chi connectivity index (χ1v) is 6.72. The Morgan fingerprint density at radius 3 is 2.89 bits per heavy atom. The minimum Gasteiger partial charge on any atom is -0.477 e. The highest BCUT2D eigenvalue weighted by Gasteiger charge is 2.14. The number of aromatic carboxylic acids is 1. The molecule has 2 N–H and O–H groups in total. The van der Waals surface area contributed by atoms with Gasteiger partial charge in [0.2, 0.25) is 5.91 Å². The number of nitrogens with zero attached hydrogens (tertiary/aromatic N) is 1. The fourth-order valence-electron chi connectivity index (χ4n) is 1.79. The van der Waals surface area contributed by atoms with Crippen LogP contribution in [0.15, 0.2) is 35.2 Å². The third kappa shape index (κ3) is 3.23. The van der Waals surface area contributed by atoms with Crippen molar-refractivity contribution in [2.24, 2.45) is 0 Å². The van der Waals surface area contributed by atoms with E-state index in [-0.39, 0.29) is 24.2 Å². The molecule has 0 saturated heterocycles. The van der Waals surface area contributed by atoms with Crippen LogP contribution >= 0.6 is 11.3 Å². The molecule has 6 heteroatoms. The molecule has 0 bridgehead atoms. The molecule has 19 heavy (non-hydrogen) atoms. The van der Waals surface area contributed by atoms with Crippen LogP contribution in [0.25, 0.3) is 0 Å². The summed E-state index contributed by atoms with van der Waals surface area (Å²) in [5.74, 6) is -1.25. The van der Waals surface area contributed by atoms with Gasteiger partial charge in [-0.05, 0) is 41.4 Å². The van der Waals surface area contributed by atoms with E-state index in [1.807, 2.05) is 23.8 Å². The normalized spacial score (nSPS) is 12.1. The van der Waals surface area contributed by atoms with Crippen LogP contribution in [-0.4, -0.2) is 21.6 Å². The third-order valence-electron chi connectivity index (χ3n) is 2.78. The highest BCUT2D eigenvalue weighted by atomic mass is 32.1. The number of thiophene rings is 1. The number of aromatic nitrogens is 1. The Bertz CT molecular complexity index is 574.